The van der Waals surface area contributed by atoms with E-state index in [1.165, 1.54) is 0 Å². The summed E-state index contributed by atoms with van der Waals surface area (Å²) in [5, 5.41) is 11.1. The molecule has 6 atom stereocenters. The molecule has 2 rings (SSSR count). The summed E-state index contributed by atoms with van der Waals surface area (Å²) in [5.41, 5.74) is 0. The standard InChI is InChI=1S/C11H21NO7S2/c1-12-9-4-7(20(14,15)16)2-6-3-8(21(17,18)19)5-10(13)11(6)9/h6-13H,2-5H2,1H3,(H,14,15,16)(H,17,18,19). The van der Waals surface area contributed by atoms with E-state index in [0.29, 0.717) is 0 Å². The minimum Gasteiger partial charge on any atom is -0.393 e. The lowest BCUT2D eigenvalue weighted by molar-refractivity contribution is -0.00679. The molecule has 6 unspecified atom stereocenters. The summed E-state index contributed by atoms with van der Waals surface area (Å²) in [6, 6.07) is -0.326. The zero-order chi connectivity index (χ0) is 16.0. The number of rotatable bonds is 3. The van der Waals surface area contributed by atoms with Gasteiger partial charge < -0.3 is 10.4 Å². The number of fused-ring (bicyclic) bond motifs is 1. The largest absolute Gasteiger partial charge is 0.393 e. The van der Waals surface area contributed by atoms with Crippen LogP contribution in [0.15, 0.2) is 0 Å². The van der Waals surface area contributed by atoms with Crippen LogP contribution in [0.4, 0.5) is 0 Å². The Bertz CT molecular complexity index is 586. The van der Waals surface area contributed by atoms with Crippen LogP contribution in [0.25, 0.3) is 0 Å². The van der Waals surface area contributed by atoms with Crippen molar-refractivity contribution < 1.29 is 31.0 Å². The molecule has 2 aliphatic rings. The van der Waals surface area contributed by atoms with E-state index in [9.17, 15) is 31.0 Å². The summed E-state index contributed by atoms with van der Waals surface area (Å²) in [7, 11) is -6.87. The van der Waals surface area contributed by atoms with Crippen LogP contribution in [0.1, 0.15) is 25.7 Å². The molecule has 10 heteroatoms. The molecule has 0 aromatic rings. The molecule has 124 valence electrons. The van der Waals surface area contributed by atoms with E-state index in [-0.39, 0.29) is 37.6 Å². The first-order valence-corrected chi connectivity index (χ1v) is 9.82. The lowest BCUT2D eigenvalue weighted by Crippen LogP contribution is -2.56. The van der Waals surface area contributed by atoms with Gasteiger partial charge in [0.15, 0.2) is 0 Å². The summed E-state index contributed by atoms with van der Waals surface area (Å²) >= 11 is 0. The van der Waals surface area contributed by atoms with Crippen molar-refractivity contribution in [2.24, 2.45) is 11.8 Å². The molecule has 0 aromatic heterocycles. The average Bonchev–Trinajstić information content (AvgIpc) is 2.34. The van der Waals surface area contributed by atoms with Crippen LogP contribution in [-0.4, -0.2) is 60.7 Å². The lowest BCUT2D eigenvalue weighted by Gasteiger charge is -2.47. The molecule has 0 aliphatic heterocycles. The minimum atomic E-state index is -4.28. The maximum Gasteiger partial charge on any atom is 0.267 e. The highest BCUT2D eigenvalue weighted by molar-refractivity contribution is 7.86. The number of hydrogen-bond acceptors (Lipinski definition) is 6. The molecule has 0 bridgehead atoms. The van der Waals surface area contributed by atoms with Gasteiger partial charge in [-0.15, -0.1) is 0 Å². The van der Waals surface area contributed by atoms with E-state index in [2.05, 4.69) is 5.32 Å². The fraction of sp³-hybridized carbons (Fsp3) is 1.00. The number of hydrogen-bond donors (Lipinski definition) is 4. The molecule has 21 heavy (non-hydrogen) atoms. The summed E-state index contributed by atoms with van der Waals surface area (Å²) in [6.45, 7) is 0. The molecular weight excluding hydrogens is 322 g/mol. The zero-order valence-corrected chi connectivity index (χ0v) is 13.2. The maximum absolute atomic E-state index is 11.4. The van der Waals surface area contributed by atoms with Crippen molar-refractivity contribution in [2.45, 2.75) is 48.3 Å². The molecule has 2 aliphatic carbocycles. The molecule has 2 saturated carbocycles. The fourth-order valence-electron chi connectivity index (χ4n) is 3.85. The van der Waals surface area contributed by atoms with Gasteiger partial charge in [-0.3, -0.25) is 9.11 Å². The highest BCUT2D eigenvalue weighted by atomic mass is 32.2. The van der Waals surface area contributed by atoms with E-state index in [1.54, 1.807) is 7.05 Å². The second-order valence-electron chi connectivity index (χ2n) is 6.02. The topological polar surface area (TPSA) is 141 Å². The van der Waals surface area contributed by atoms with E-state index < -0.39 is 42.8 Å². The van der Waals surface area contributed by atoms with Crippen LogP contribution >= 0.6 is 0 Å². The monoisotopic (exact) mass is 343 g/mol. The van der Waals surface area contributed by atoms with E-state index in [0.717, 1.165) is 0 Å². The van der Waals surface area contributed by atoms with Gasteiger partial charge in [-0.1, -0.05) is 0 Å². The average molecular weight is 343 g/mol. The fourth-order valence-corrected chi connectivity index (χ4v) is 5.72. The lowest BCUT2D eigenvalue weighted by atomic mass is 9.66. The van der Waals surface area contributed by atoms with Crippen molar-refractivity contribution in [3.63, 3.8) is 0 Å². The quantitative estimate of drug-likeness (QED) is 0.491. The van der Waals surface area contributed by atoms with Gasteiger partial charge in [0.25, 0.3) is 20.2 Å². The summed E-state index contributed by atoms with van der Waals surface area (Å²) < 4.78 is 63.8. The predicted molar refractivity (Wildman–Crippen MR) is 75.0 cm³/mol. The Morgan fingerprint density at radius 2 is 1.38 bits per heavy atom. The van der Waals surface area contributed by atoms with Gasteiger partial charge in [-0.05, 0) is 38.6 Å². The minimum absolute atomic E-state index is 0.0608. The van der Waals surface area contributed by atoms with Crippen molar-refractivity contribution in [3.8, 4) is 0 Å². The first-order chi connectivity index (χ1) is 9.54. The Balaban J connectivity index is 2.28. The SMILES string of the molecule is CNC1CC(S(=O)(=O)O)CC2CC(S(=O)(=O)O)CC(O)C21. The Morgan fingerprint density at radius 1 is 0.905 bits per heavy atom. The van der Waals surface area contributed by atoms with Crippen molar-refractivity contribution in [1.82, 2.24) is 5.32 Å². The van der Waals surface area contributed by atoms with Crippen molar-refractivity contribution >= 4 is 20.2 Å². The first kappa shape index (κ1) is 17.1. The molecule has 2 fully saturated rings. The van der Waals surface area contributed by atoms with Crippen LogP contribution in [0, 0.1) is 11.8 Å². The number of aliphatic hydroxyl groups is 1. The van der Waals surface area contributed by atoms with Crippen molar-refractivity contribution in [2.75, 3.05) is 7.05 Å². The van der Waals surface area contributed by atoms with E-state index in [1.807, 2.05) is 0 Å². The van der Waals surface area contributed by atoms with Crippen LogP contribution in [-0.2, 0) is 20.2 Å². The third-order valence-electron chi connectivity index (χ3n) is 4.82. The molecule has 0 radical (unpaired) electrons. The maximum atomic E-state index is 11.4. The zero-order valence-electron chi connectivity index (χ0n) is 11.6. The first-order valence-electron chi connectivity index (χ1n) is 6.82. The molecular formula is C11H21NO7S2. The normalized spacial score (nSPS) is 41.5. The number of nitrogens with one attached hydrogen (secondary N) is 1. The van der Waals surface area contributed by atoms with Crippen LogP contribution in [0.2, 0.25) is 0 Å². The molecule has 0 spiro atoms. The van der Waals surface area contributed by atoms with Crippen molar-refractivity contribution in [3.05, 3.63) is 0 Å². The summed E-state index contributed by atoms with van der Waals surface area (Å²) in [4.78, 5) is 0. The third kappa shape index (κ3) is 3.57. The third-order valence-corrected chi connectivity index (χ3v) is 7.27. The van der Waals surface area contributed by atoms with Gasteiger partial charge in [0, 0.05) is 12.0 Å². The molecule has 0 amide bonds. The van der Waals surface area contributed by atoms with Gasteiger partial charge in [0.05, 0.1) is 16.6 Å². The van der Waals surface area contributed by atoms with Gasteiger partial charge >= 0.3 is 0 Å². The predicted octanol–water partition coefficient (Wildman–Crippen LogP) is -0.732. The molecule has 4 N–H and O–H groups in total. The van der Waals surface area contributed by atoms with Gasteiger partial charge in [-0.25, -0.2) is 0 Å². The van der Waals surface area contributed by atoms with Crippen LogP contribution in [0.5, 0.6) is 0 Å². The Kier molecular flexibility index (Phi) is 4.68. The van der Waals surface area contributed by atoms with E-state index in [4.69, 9.17) is 0 Å². The molecule has 0 saturated heterocycles. The molecule has 0 aromatic carbocycles. The molecule has 8 nitrogen and oxygen atoms in total. The van der Waals surface area contributed by atoms with Gasteiger partial charge in [-0.2, -0.15) is 16.8 Å². The van der Waals surface area contributed by atoms with E-state index >= 15 is 0 Å². The van der Waals surface area contributed by atoms with Crippen LogP contribution < -0.4 is 5.32 Å². The van der Waals surface area contributed by atoms with Crippen LogP contribution in [0.3, 0.4) is 0 Å². The molecule has 0 heterocycles. The highest BCUT2D eigenvalue weighted by Crippen LogP contribution is 2.43. The highest BCUT2D eigenvalue weighted by Gasteiger charge is 2.50. The van der Waals surface area contributed by atoms with Crippen molar-refractivity contribution in [1.29, 1.82) is 0 Å². The summed E-state index contributed by atoms with van der Waals surface area (Å²) in [5.74, 6) is -0.676. The second-order valence-corrected chi connectivity index (χ2v) is 9.41. The van der Waals surface area contributed by atoms with Gasteiger partial charge in [0.2, 0.25) is 0 Å². The number of aliphatic hydroxyl groups excluding tert-OH is 1. The Morgan fingerprint density at radius 3 is 1.81 bits per heavy atom. The Labute approximate surface area is 124 Å². The second kappa shape index (κ2) is 5.74. The van der Waals surface area contributed by atoms with Gasteiger partial charge in [0.1, 0.15) is 0 Å². The summed E-state index contributed by atoms with van der Waals surface area (Å²) in [6.07, 6.45) is -0.649. The smallest absolute Gasteiger partial charge is 0.267 e. The Hall–Kier alpha value is -0.260.